The first-order valence-electron chi connectivity index (χ1n) is 9.39. The van der Waals surface area contributed by atoms with E-state index in [9.17, 15) is 31.2 Å². The van der Waals surface area contributed by atoms with Crippen LogP contribution < -0.4 is 15.4 Å². The van der Waals surface area contributed by atoms with Gasteiger partial charge in [-0.1, -0.05) is 18.2 Å². The quantitative estimate of drug-likeness (QED) is 0.483. The van der Waals surface area contributed by atoms with E-state index in [2.05, 4.69) is 15.4 Å². The number of carbonyl (C=O) groups excluding carboxylic acids is 2. The monoisotopic (exact) mass is 477 g/mol. The Hall–Kier alpha value is -3.86. The molecule has 0 aliphatic rings. The van der Waals surface area contributed by atoms with Crippen molar-refractivity contribution in [3.8, 4) is 0 Å². The van der Waals surface area contributed by atoms with Crippen molar-refractivity contribution in [3.63, 3.8) is 0 Å². The highest BCUT2D eigenvalue weighted by Gasteiger charge is 2.30. The van der Waals surface area contributed by atoms with E-state index in [0.29, 0.717) is 0 Å². The first-order chi connectivity index (χ1) is 15.4. The number of amides is 2. The molecule has 0 saturated heterocycles. The molecule has 0 bridgehead atoms. The van der Waals surface area contributed by atoms with E-state index < -0.39 is 33.6 Å². The lowest BCUT2D eigenvalue weighted by Crippen LogP contribution is -2.15. The molecule has 0 aromatic heterocycles. The molecule has 0 aliphatic carbocycles. The zero-order chi connectivity index (χ0) is 24.2. The first-order valence-corrected chi connectivity index (χ1v) is 11.3. The molecule has 0 heterocycles. The maximum atomic E-state index is 12.9. The number of hydrogen-bond donors (Lipinski definition) is 3. The van der Waals surface area contributed by atoms with E-state index in [1.54, 1.807) is 0 Å². The number of rotatable bonds is 6. The topological polar surface area (TPSA) is 104 Å². The van der Waals surface area contributed by atoms with Crippen LogP contribution in [0.2, 0.25) is 0 Å². The van der Waals surface area contributed by atoms with Crippen molar-refractivity contribution in [3.05, 3.63) is 89.5 Å². The van der Waals surface area contributed by atoms with Crippen molar-refractivity contribution in [1.82, 2.24) is 0 Å². The minimum atomic E-state index is -4.54. The molecule has 3 rings (SSSR count). The number of anilines is 3. The molecule has 0 fully saturated rings. The number of halogens is 3. The van der Waals surface area contributed by atoms with Crippen LogP contribution in [-0.2, 0) is 16.2 Å². The SMILES string of the molecule is CS(=O)(=O)Nc1cccc(C(=O)Nc2cccc(C(=O)Nc3cccc(C(F)(F)F)c3)c2)c1. The third-order valence-electron chi connectivity index (χ3n) is 4.26. The zero-order valence-electron chi connectivity index (χ0n) is 17.1. The van der Waals surface area contributed by atoms with Gasteiger partial charge in [-0.25, -0.2) is 8.42 Å². The molecular weight excluding hydrogens is 459 g/mol. The van der Waals surface area contributed by atoms with Gasteiger partial charge in [-0.2, -0.15) is 13.2 Å². The van der Waals surface area contributed by atoms with Gasteiger partial charge in [0.15, 0.2) is 0 Å². The average Bonchev–Trinajstić information content (AvgIpc) is 2.72. The highest BCUT2D eigenvalue weighted by molar-refractivity contribution is 7.92. The zero-order valence-corrected chi connectivity index (χ0v) is 17.9. The van der Waals surface area contributed by atoms with Crippen LogP contribution in [0.5, 0.6) is 0 Å². The van der Waals surface area contributed by atoms with E-state index in [1.165, 1.54) is 60.7 Å². The summed E-state index contributed by atoms with van der Waals surface area (Å²) < 4.78 is 63.6. The Morgan fingerprint density at radius 1 is 0.727 bits per heavy atom. The lowest BCUT2D eigenvalue weighted by molar-refractivity contribution is -0.137. The van der Waals surface area contributed by atoms with Gasteiger partial charge in [0.05, 0.1) is 11.8 Å². The number of nitrogens with one attached hydrogen (secondary N) is 3. The molecular formula is C22H18F3N3O4S. The predicted molar refractivity (Wildman–Crippen MR) is 119 cm³/mol. The van der Waals surface area contributed by atoms with Gasteiger partial charge in [0.2, 0.25) is 10.0 Å². The highest BCUT2D eigenvalue weighted by atomic mass is 32.2. The van der Waals surface area contributed by atoms with Crippen LogP contribution in [0.1, 0.15) is 26.3 Å². The molecule has 0 radical (unpaired) electrons. The summed E-state index contributed by atoms with van der Waals surface area (Å²) in [6.07, 6.45) is -3.56. The fourth-order valence-corrected chi connectivity index (χ4v) is 3.41. The lowest BCUT2D eigenvalue weighted by Gasteiger charge is -2.11. The molecule has 7 nitrogen and oxygen atoms in total. The van der Waals surface area contributed by atoms with Crippen LogP contribution >= 0.6 is 0 Å². The number of carbonyl (C=O) groups is 2. The van der Waals surface area contributed by atoms with Gasteiger partial charge in [-0.3, -0.25) is 14.3 Å². The number of hydrogen-bond acceptors (Lipinski definition) is 4. The smallest absolute Gasteiger partial charge is 0.322 e. The second kappa shape index (κ2) is 9.33. The van der Waals surface area contributed by atoms with Crippen LogP contribution in [0.3, 0.4) is 0 Å². The molecule has 0 aliphatic heterocycles. The van der Waals surface area contributed by atoms with Gasteiger partial charge in [-0.05, 0) is 54.6 Å². The molecule has 33 heavy (non-hydrogen) atoms. The van der Waals surface area contributed by atoms with Gasteiger partial charge in [-0.15, -0.1) is 0 Å². The Bertz CT molecular complexity index is 1310. The summed E-state index contributed by atoms with van der Waals surface area (Å²) in [5, 5.41) is 4.99. The lowest BCUT2D eigenvalue weighted by atomic mass is 10.1. The fraction of sp³-hybridized carbons (Fsp3) is 0.0909. The summed E-state index contributed by atoms with van der Waals surface area (Å²) in [6, 6.07) is 15.9. The number of sulfonamides is 1. The maximum Gasteiger partial charge on any atom is 0.416 e. The van der Waals surface area contributed by atoms with Crippen LogP contribution in [0.15, 0.2) is 72.8 Å². The van der Waals surface area contributed by atoms with Gasteiger partial charge in [0, 0.05) is 28.2 Å². The number of benzene rings is 3. The minimum absolute atomic E-state index is 0.0283. The van der Waals surface area contributed by atoms with E-state index >= 15 is 0 Å². The molecule has 3 N–H and O–H groups in total. The van der Waals surface area contributed by atoms with Gasteiger partial charge >= 0.3 is 6.18 Å². The van der Waals surface area contributed by atoms with Crippen LogP contribution in [0.25, 0.3) is 0 Å². The Morgan fingerprint density at radius 3 is 1.70 bits per heavy atom. The second-order valence-corrected chi connectivity index (χ2v) is 8.77. The summed E-state index contributed by atoms with van der Waals surface area (Å²) in [5.41, 5.74) is -0.175. The molecule has 3 aromatic carbocycles. The molecule has 0 spiro atoms. The van der Waals surface area contributed by atoms with Gasteiger partial charge in [0.1, 0.15) is 0 Å². The maximum absolute atomic E-state index is 12.9. The van der Waals surface area contributed by atoms with Crippen LogP contribution in [0, 0.1) is 0 Å². The van der Waals surface area contributed by atoms with Crippen molar-refractivity contribution in [1.29, 1.82) is 0 Å². The molecule has 0 unspecified atom stereocenters. The third-order valence-corrected chi connectivity index (χ3v) is 4.86. The summed E-state index contributed by atoms with van der Waals surface area (Å²) in [7, 11) is -3.52. The van der Waals surface area contributed by atoms with E-state index in [4.69, 9.17) is 0 Å². The third kappa shape index (κ3) is 6.81. The van der Waals surface area contributed by atoms with Gasteiger partial charge in [0.25, 0.3) is 11.8 Å². The largest absolute Gasteiger partial charge is 0.416 e. The van der Waals surface area contributed by atoms with Crippen molar-refractivity contribution < 1.29 is 31.2 Å². The van der Waals surface area contributed by atoms with Crippen molar-refractivity contribution >= 4 is 38.9 Å². The Labute approximate surface area is 187 Å². The van der Waals surface area contributed by atoms with Crippen LogP contribution in [-0.4, -0.2) is 26.5 Å². The average molecular weight is 477 g/mol. The molecule has 11 heteroatoms. The summed E-state index contributed by atoms with van der Waals surface area (Å²) in [5.74, 6) is -1.22. The number of alkyl halides is 3. The highest BCUT2D eigenvalue weighted by Crippen LogP contribution is 2.30. The summed E-state index contributed by atoms with van der Waals surface area (Å²) in [4.78, 5) is 25.0. The van der Waals surface area contributed by atoms with Crippen molar-refractivity contribution in [2.24, 2.45) is 0 Å². The first kappa shape index (κ1) is 23.8. The molecule has 172 valence electrons. The van der Waals surface area contributed by atoms with Crippen molar-refractivity contribution in [2.75, 3.05) is 21.6 Å². The molecule has 2 amide bonds. The Morgan fingerprint density at radius 2 is 1.18 bits per heavy atom. The Balaban J connectivity index is 1.73. The fourth-order valence-electron chi connectivity index (χ4n) is 2.86. The van der Waals surface area contributed by atoms with Crippen LogP contribution in [0.4, 0.5) is 30.2 Å². The predicted octanol–water partition coefficient (Wildman–Crippen LogP) is 4.58. The van der Waals surface area contributed by atoms with E-state index in [-0.39, 0.29) is 28.2 Å². The van der Waals surface area contributed by atoms with Crippen molar-refractivity contribution in [2.45, 2.75) is 6.18 Å². The van der Waals surface area contributed by atoms with E-state index in [0.717, 1.165) is 18.4 Å². The second-order valence-electron chi connectivity index (χ2n) is 7.02. The molecule has 0 saturated carbocycles. The van der Waals surface area contributed by atoms with E-state index in [1.807, 2.05) is 0 Å². The van der Waals surface area contributed by atoms with Gasteiger partial charge < -0.3 is 10.6 Å². The minimum Gasteiger partial charge on any atom is -0.322 e. The molecule has 0 atom stereocenters. The molecule has 3 aromatic rings. The Kier molecular flexibility index (Phi) is 6.73. The summed E-state index contributed by atoms with van der Waals surface area (Å²) >= 11 is 0. The normalized spacial score (nSPS) is 11.5. The standard InChI is InChI=1S/C22H18F3N3O4S/c1-33(31,32)28-19-10-3-6-15(12-19)21(30)26-17-8-2-5-14(11-17)20(29)27-18-9-4-7-16(13-18)22(23,24)25/h2-13,28H,1H3,(H,26,30)(H,27,29). The summed E-state index contributed by atoms with van der Waals surface area (Å²) in [6.45, 7) is 0.